The van der Waals surface area contributed by atoms with Crippen LogP contribution in [0.5, 0.6) is 5.75 Å². The Morgan fingerprint density at radius 3 is 2.70 bits per heavy atom. The van der Waals surface area contributed by atoms with Crippen LogP contribution in [-0.4, -0.2) is 58.0 Å². The Bertz CT molecular complexity index is 1160. The number of hydrogen-bond acceptors (Lipinski definition) is 5. The number of benzene rings is 2. The number of amidine groups is 1. The minimum absolute atomic E-state index is 0.0472. The molecule has 0 saturated carbocycles. The summed E-state index contributed by atoms with van der Waals surface area (Å²) in [6.45, 7) is 10.7. The number of anilines is 1. The number of piperazine rings is 1. The third-order valence-corrected chi connectivity index (χ3v) is 6.31. The van der Waals surface area contributed by atoms with Crippen LogP contribution in [0.25, 0.3) is 11.1 Å². The summed E-state index contributed by atoms with van der Waals surface area (Å²) in [5, 5.41) is 13.2. The standard InChI is InChI=1S/C24H25ClF2N4O2/c1-5-18(33)30-9-10-31(24(3,4)12-30)23-14-11-15(25)19(20-16(26)7-6-8-17(20)32)21(27)22(14)28-13(2)29-23/h5-8,11,13,28,32H,1,9-10,12H2,2-4H3. The largest absolute Gasteiger partial charge is 0.507 e. The number of phenols is 1. The summed E-state index contributed by atoms with van der Waals surface area (Å²) in [4.78, 5) is 20.6. The SMILES string of the molecule is C=CC(=O)N1CCN(C2=NC(C)Nc3c2cc(Cl)c(-c2c(O)cccc2F)c3F)C(C)(C)C1. The summed E-state index contributed by atoms with van der Waals surface area (Å²) in [6, 6.07) is 5.29. The van der Waals surface area contributed by atoms with Crippen molar-refractivity contribution in [2.75, 3.05) is 25.0 Å². The summed E-state index contributed by atoms with van der Waals surface area (Å²) < 4.78 is 30.3. The molecule has 0 bridgehead atoms. The van der Waals surface area contributed by atoms with Crippen molar-refractivity contribution < 1.29 is 18.7 Å². The first kappa shape index (κ1) is 23.0. The summed E-state index contributed by atoms with van der Waals surface area (Å²) in [6.07, 6.45) is 0.828. The first-order chi connectivity index (χ1) is 15.5. The minimum atomic E-state index is -0.780. The fourth-order valence-corrected chi connectivity index (χ4v) is 4.79. The molecule has 2 aromatic carbocycles. The molecule has 0 radical (unpaired) electrons. The summed E-state index contributed by atoms with van der Waals surface area (Å²) >= 11 is 6.46. The van der Waals surface area contributed by atoms with E-state index in [2.05, 4.69) is 11.9 Å². The Balaban J connectivity index is 1.82. The van der Waals surface area contributed by atoms with Gasteiger partial charge in [-0.25, -0.2) is 13.8 Å². The highest BCUT2D eigenvalue weighted by molar-refractivity contribution is 6.34. The minimum Gasteiger partial charge on any atom is -0.507 e. The first-order valence-electron chi connectivity index (χ1n) is 10.6. The van der Waals surface area contributed by atoms with Gasteiger partial charge < -0.3 is 20.2 Å². The average molecular weight is 475 g/mol. The van der Waals surface area contributed by atoms with Gasteiger partial charge in [0.2, 0.25) is 5.91 Å². The molecule has 2 aromatic rings. The number of nitrogens with zero attached hydrogens (tertiary/aromatic N) is 3. The molecule has 9 heteroatoms. The van der Waals surface area contributed by atoms with Crippen molar-refractivity contribution in [2.45, 2.75) is 32.5 Å². The molecular weight excluding hydrogens is 450 g/mol. The lowest BCUT2D eigenvalue weighted by Crippen LogP contribution is -2.62. The molecule has 2 aliphatic rings. The zero-order valence-electron chi connectivity index (χ0n) is 18.6. The molecule has 1 atom stereocenters. The highest BCUT2D eigenvalue weighted by Gasteiger charge is 2.40. The van der Waals surface area contributed by atoms with Gasteiger partial charge in [-0.15, -0.1) is 0 Å². The van der Waals surface area contributed by atoms with Gasteiger partial charge in [0.05, 0.1) is 21.8 Å². The van der Waals surface area contributed by atoms with Gasteiger partial charge in [0.15, 0.2) is 5.82 Å². The van der Waals surface area contributed by atoms with E-state index in [0.717, 1.165) is 6.07 Å². The Labute approximate surface area is 196 Å². The zero-order valence-corrected chi connectivity index (χ0v) is 19.4. The lowest BCUT2D eigenvalue weighted by Gasteiger charge is -2.49. The van der Waals surface area contributed by atoms with E-state index in [0.29, 0.717) is 31.0 Å². The number of carbonyl (C=O) groups excluding carboxylic acids is 1. The fraction of sp³-hybridized carbons (Fsp3) is 0.333. The van der Waals surface area contributed by atoms with Crippen LogP contribution in [0.1, 0.15) is 26.3 Å². The van der Waals surface area contributed by atoms with E-state index in [1.807, 2.05) is 18.7 Å². The van der Waals surface area contributed by atoms with Gasteiger partial charge in [-0.3, -0.25) is 4.79 Å². The Morgan fingerprint density at radius 2 is 2.06 bits per heavy atom. The normalized spacial score (nSPS) is 19.5. The van der Waals surface area contributed by atoms with Crippen molar-refractivity contribution in [3.05, 3.63) is 59.1 Å². The second-order valence-electron chi connectivity index (χ2n) is 8.80. The molecule has 1 amide bonds. The van der Waals surface area contributed by atoms with E-state index in [1.165, 1.54) is 24.3 Å². The second kappa shape index (κ2) is 8.33. The maximum Gasteiger partial charge on any atom is 0.246 e. The highest BCUT2D eigenvalue weighted by Crippen LogP contribution is 2.44. The maximum atomic E-state index is 15.8. The molecule has 0 aliphatic carbocycles. The molecule has 0 aromatic heterocycles. The van der Waals surface area contributed by atoms with Crippen LogP contribution in [0, 0.1) is 11.6 Å². The first-order valence-corrected chi connectivity index (χ1v) is 11.0. The van der Waals surface area contributed by atoms with Gasteiger partial charge in [-0.1, -0.05) is 24.2 Å². The fourth-order valence-electron chi connectivity index (χ4n) is 4.50. The highest BCUT2D eigenvalue weighted by atomic mass is 35.5. The predicted molar refractivity (Wildman–Crippen MR) is 126 cm³/mol. The molecule has 1 unspecified atom stereocenters. The van der Waals surface area contributed by atoms with Gasteiger partial charge in [-0.2, -0.15) is 0 Å². The third kappa shape index (κ3) is 3.93. The van der Waals surface area contributed by atoms with E-state index in [4.69, 9.17) is 16.6 Å². The lowest BCUT2D eigenvalue weighted by atomic mass is 9.94. The van der Waals surface area contributed by atoms with Gasteiger partial charge in [0.1, 0.15) is 23.6 Å². The van der Waals surface area contributed by atoms with Crippen LogP contribution in [0.4, 0.5) is 14.5 Å². The average Bonchev–Trinajstić information content (AvgIpc) is 2.74. The van der Waals surface area contributed by atoms with E-state index < -0.39 is 29.1 Å². The van der Waals surface area contributed by atoms with Crippen LogP contribution in [0.2, 0.25) is 5.02 Å². The maximum absolute atomic E-state index is 15.8. The van der Waals surface area contributed by atoms with Gasteiger partial charge in [-0.05, 0) is 45.0 Å². The van der Waals surface area contributed by atoms with Crippen LogP contribution in [0.3, 0.4) is 0 Å². The van der Waals surface area contributed by atoms with Gasteiger partial charge in [0, 0.05) is 30.8 Å². The van der Waals surface area contributed by atoms with E-state index in [9.17, 15) is 14.3 Å². The molecule has 0 spiro atoms. The number of halogens is 3. The smallest absolute Gasteiger partial charge is 0.246 e. The second-order valence-corrected chi connectivity index (χ2v) is 9.21. The third-order valence-electron chi connectivity index (χ3n) is 6.01. The van der Waals surface area contributed by atoms with Crippen molar-refractivity contribution in [1.29, 1.82) is 0 Å². The number of rotatable bonds is 2. The van der Waals surface area contributed by atoms with E-state index >= 15 is 4.39 Å². The summed E-state index contributed by atoms with van der Waals surface area (Å²) in [5.74, 6) is -1.56. The topological polar surface area (TPSA) is 68.2 Å². The number of aliphatic imine (C=N–C) groups is 1. The van der Waals surface area contributed by atoms with Crippen molar-refractivity contribution in [1.82, 2.24) is 9.80 Å². The number of aromatic hydroxyl groups is 1. The number of fused-ring (bicyclic) bond motifs is 1. The predicted octanol–water partition coefficient (Wildman–Crippen LogP) is 4.62. The Morgan fingerprint density at radius 1 is 1.33 bits per heavy atom. The van der Waals surface area contributed by atoms with Crippen molar-refractivity contribution in [3.63, 3.8) is 0 Å². The molecule has 4 rings (SSSR count). The quantitative estimate of drug-likeness (QED) is 0.623. The van der Waals surface area contributed by atoms with Gasteiger partial charge >= 0.3 is 0 Å². The number of nitrogens with one attached hydrogen (secondary N) is 1. The molecule has 2 heterocycles. The van der Waals surface area contributed by atoms with Crippen LogP contribution in [-0.2, 0) is 4.79 Å². The summed E-state index contributed by atoms with van der Waals surface area (Å²) in [7, 11) is 0. The monoisotopic (exact) mass is 474 g/mol. The van der Waals surface area contributed by atoms with Gasteiger partial charge in [0.25, 0.3) is 0 Å². The zero-order chi connectivity index (χ0) is 24.1. The van der Waals surface area contributed by atoms with E-state index in [-0.39, 0.29) is 27.7 Å². The molecule has 6 nitrogen and oxygen atoms in total. The Hall–Kier alpha value is -3.13. The number of phenolic OH excluding ortho intramolecular Hbond substituents is 1. The summed E-state index contributed by atoms with van der Waals surface area (Å²) in [5.41, 5.74) is -0.442. The molecule has 174 valence electrons. The molecule has 1 saturated heterocycles. The van der Waals surface area contributed by atoms with Crippen molar-refractivity contribution >= 4 is 29.0 Å². The lowest BCUT2D eigenvalue weighted by molar-refractivity contribution is -0.129. The molecular formula is C24H25ClF2N4O2. The number of hydrogen-bond donors (Lipinski definition) is 2. The van der Waals surface area contributed by atoms with Crippen LogP contribution >= 0.6 is 11.6 Å². The van der Waals surface area contributed by atoms with Crippen molar-refractivity contribution in [2.24, 2.45) is 4.99 Å². The number of carbonyl (C=O) groups is 1. The van der Waals surface area contributed by atoms with E-state index in [1.54, 1.807) is 11.8 Å². The Kier molecular flexibility index (Phi) is 5.82. The van der Waals surface area contributed by atoms with Crippen LogP contribution in [0.15, 0.2) is 41.9 Å². The number of amides is 1. The van der Waals surface area contributed by atoms with Crippen LogP contribution < -0.4 is 5.32 Å². The molecule has 33 heavy (non-hydrogen) atoms. The molecule has 2 N–H and O–H groups in total. The molecule has 1 fully saturated rings. The van der Waals surface area contributed by atoms with Crippen molar-refractivity contribution in [3.8, 4) is 16.9 Å². The molecule has 2 aliphatic heterocycles.